The van der Waals surface area contributed by atoms with Crippen molar-refractivity contribution >= 4 is 27.5 Å². The van der Waals surface area contributed by atoms with E-state index in [0.29, 0.717) is 5.88 Å². The minimum Gasteiger partial charge on any atom is -0.373 e. The highest BCUT2D eigenvalue weighted by Crippen LogP contribution is 2.16. The molecule has 0 aliphatic rings. The van der Waals surface area contributed by atoms with Crippen molar-refractivity contribution in [3.8, 4) is 0 Å². The summed E-state index contributed by atoms with van der Waals surface area (Å²) >= 11 is 9.20. The minimum atomic E-state index is -0.187. The summed E-state index contributed by atoms with van der Waals surface area (Å²) in [6.45, 7) is 5.08. The van der Waals surface area contributed by atoms with Crippen molar-refractivity contribution < 1.29 is 4.74 Å². The number of unbranched alkanes of at least 4 members (excludes halogenated alkanes) is 3. The van der Waals surface area contributed by atoms with E-state index in [1.165, 1.54) is 19.3 Å². The van der Waals surface area contributed by atoms with Crippen LogP contribution in [-0.4, -0.2) is 23.4 Å². The molecule has 0 rings (SSSR count). The lowest BCUT2D eigenvalue weighted by Crippen LogP contribution is -2.33. The molecule has 0 spiro atoms. The average Bonchev–Trinajstić information content (AvgIpc) is 2.17. The standard InChI is InChI=1S/C10H20BrClO/c1-3-4-5-6-7-13-10(2,8-11)9-12/h3-9H2,1-2H3. The van der Waals surface area contributed by atoms with E-state index in [4.69, 9.17) is 16.3 Å². The second kappa shape index (κ2) is 8.07. The fourth-order valence-corrected chi connectivity index (χ4v) is 1.72. The highest BCUT2D eigenvalue weighted by Gasteiger charge is 2.21. The van der Waals surface area contributed by atoms with E-state index >= 15 is 0 Å². The molecule has 0 fully saturated rings. The van der Waals surface area contributed by atoms with Crippen LogP contribution in [0.1, 0.15) is 39.5 Å². The Kier molecular flexibility index (Phi) is 8.53. The van der Waals surface area contributed by atoms with Crippen LogP contribution in [0.4, 0.5) is 0 Å². The van der Waals surface area contributed by atoms with Gasteiger partial charge in [-0.25, -0.2) is 0 Å². The molecule has 1 atom stereocenters. The van der Waals surface area contributed by atoms with Gasteiger partial charge in [0.15, 0.2) is 0 Å². The maximum Gasteiger partial charge on any atom is 0.0885 e. The topological polar surface area (TPSA) is 9.23 Å². The van der Waals surface area contributed by atoms with Crippen molar-refractivity contribution in [2.24, 2.45) is 0 Å². The Morgan fingerprint density at radius 1 is 1.31 bits per heavy atom. The number of alkyl halides is 2. The van der Waals surface area contributed by atoms with Crippen LogP contribution in [0, 0.1) is 0 Å². The Morgan fingerprint density at radius 3 is 2.46 bits per heavy atom. The third kappa shape index (κ3) is 6.75. The first kappa shape index (κ1) is 13.7. The summed E-state index contributed by atoms with van der Waals surface area (Å²) in [4.78, 5) is 0. The summed E-state index contributed by atoms with van der Waals surface area (Å²) in [5.74, 6) is 0.548. The van der Waals surface area contributed by atoms with E-state index in [9.17, 15) is 0 Å². The minimum absolute atomic E-state index is 0.187. The van der Waals surface area contributed by atoms with Crippen LogP contribution in [0.15, 0.2) is 0 Å². The molecule has 0 aliphatic heterocycles. The largest absolute Gasteiger partial charge is 0.373 e. The Balaban J connectivity index is 3.39. The second-order valence-corrected chi connectivity index (χ2v) is 4.45. The van der Waals surface area contributed by atoms with E-state index in [2.05, 4.69) is 22.9 Å². The zero-order valence-electron chi connectivity index (χ0n) is 8.61. The predicted octanol–water partition coefficient (Wildman–Crippen LogP) is 3.98. The predicted molar refractivity (Wildman–Crippen MR) is 63.0 cm³/mol. The Labute approximate surface area is 95.3 Å². The van der Waals surface area contributed by atoms with E-state index in [1.54, 1.807) is 0 Å². The molecule has 0 aliphatic carbocycles. The van der Waals surface area contributed by atoms with Crippen LogP contribution in [0.5, 0.6) is 0 Å². The molecule has 3 heteroatoms. The molecule has 0 aromatic heterocycles. The van der Waals surface area contributed by atoms with Gasteiger partial charge in [0.2, 0.25) is 0 Å². The van der Waals surface area contributed by atoms with Crippen molar-refractivity contribution in [2.45, 2.75) is 45.1 Å². The number of rotatable bonds is 8. The summed E-state index contributed by atoms with van der Waals surface area (Å²) < 4.78 is 5.70. The summed E-state index contributed by atoms with van der Waals surface area (Å²) in [5.41, 5.74) is -0.187. The van der Waals surface area contributed by atoms with Crippen molar-refractivity contribution in [1.29, 1.82) is 0 Å². The molecule has 0 heterocycles. The Hall–Kier alpha value is 0.730. The first-order valence-electron chi connectivity index (χ1n) is 4.94. The quantitative estimate of drug-likeness (QED) is 0.479. The highest BCUT2D eigenvalue weighted by atomic mass is 79.9. The molecular formula is C10H20BrClO. The summed E-state index contributed by atoms with van der Waals surface area (Å²) in [5, 5.41) is 0.803. The second-order valence-electron chi connectivity index (χ2n) is 3.63. The Bertz CT molecular complexity index is 115. The normalized spacial score (nSPS) is 15.7. The van der Waals surface area contributed by atoms with Crippen LogP contribution in [0.25, 0.3) is 0 Å². The van der Waals surface area contributed by atoms with Crippen molar-refractivity contribution in [2.75, 3.05) is 17.8 Å². The van der Waals surface area contributed by atoms with Crippen molar-refractivity contribution in [3.05, 3.63) is 0 Å². The van der Waals surface area contributed by atoms with Gasteiger partial charge in [-0.05, 0) is 13.3 Å². The zero-order chi connectivity index (χ0) is 10.2. The van der Waals surface area contributed by atoms with Gasteiger partial charge in [0.1, 0.15) is 0 Å². The lowest BCUT2D eigenvalue weighted by atomic mass is 10.2. The maximum atomic E-state index is 5.79. The molecule has 0 aromatic carbocycles. The number of hydrogen-bond donors (Lipinski definition) is 0. The van der Waals surface area contributed by atoms with Gasteiger partial charge >= 0.3 is 0 Å². The molecule has 0 saturated heterocycles. The van der Waals surface area contributed by atoms with Crippen molar-refractivity contribution in [1.82, 2.24) is 0 Å². The van der Waals surface area contributed by atoms with Crippen molar-refractivity contribution in [3.63, 3.8) is 0 Å². The van der Waals surface area contributed by atoms with Crippen LogP contribution in [0.3, 0.4) is 0 Å². The lowest BCUT2D eigenvalue weighted by molar-refractivity contribution is 0.00257. The number of ether oxygens (including phenoxy) is 1. The highest BCUT2D eigenvalue weighted by molar-refractivity contribution is 9.09. The van der Waals surface area contributed by atoms with E-state index < -0.39 is 0 Å². The van der Waals surface area contributed by atoms with E-state index in [0.717, 1.165) is 18.4 Å². The molecule has 13 heavy (non-hydrogen) atoms. The number of halogens is 2. The molecular weight excluding hydrogens is 251 g/mol. The molecule has 1 nitrogen and oxygen atoms in total. The van der Waals surface area contributed by atoms with Crippen LogP contribution >= 0.6 is 27.5 Å². The van der Waals surface area contributed by atoms with Gasteiger partial charge in [-0.2, -0.15) is 0 Å². The van der Waals surface area contributed by atoms with Gasteiger partial charge in [0.05, 0.1) is 11.5 Å². The first-order chi connectivity index (χ1) is 6.18. The average molecular weight is 272 g/mol. The van der Waals surface area contributed by atoms with Gasteiger partial charge in [0, 0.05) is 11.9 Å². The molecule has 0 N–H and O–H groups in total. The summed E-state index contributed by atoms with van der Waals surface area (Å²) in [6, 6.07) is 0. The zero-order valence-corrected chi connectivity index (χ0v) is 11.0. The molecule has 1 unspecified atom stereocenters. The van der Waals surface area contributed by atoms with Crippen LogP contribution < -0.4 is 0 Å². The lowest BCUT2D eigenvalue weighted by Gasteiger charge is -2.25. The van der Waals surface area contributed by atoms with Crippen LogP contribution in [-0.2, 0) is 4.74 Å². The van der Waals surface area contributed by atoms with Crippen LogP contribution in [0.2, 0.25) is 0 Å². The SMILES string of the molecule is CCCCCCOC(C)(CCl)CBr. The monoisotopic (exact) mass is 270 g/mol. The maximum absolute atomic E-state index is 5.79. The fourth-order valence-electron chi connectivity index (χ4n) is 0.960. The third-order valence-electron chi connectivity index (χ3n) is 2.01. The Morgan fingerprint density at radius 2 is 2.00 bits per heavy atom. The van der Waals surface area contributed by atoms with Gasteiger partial charge in [-0.15, -0.1) is 11.6 Å². The molecule has 80 valence electrons. The summed E-state index contributed by atoms with van der Waals surface area (Å²) in [6.07, 6.45) is 4.98. The fraction of sp³-hybridized carbons (Fsp3) is 1.00. The molecule has 0 bridgehead atoms. The van der Waals surface area contributed by atoms with Gasteiger partial charge in [-0.3, -0.25) is 0 Å². The smallest absolute Gasteiger partial charge is 0.0885 e. The first-order valence-corrected chi connectivity index (χ1v) is 6.60. The summed E-state index contributed by atoms with van der Waals surface area (Å²) in [7, 11) is 0. The molecule has 0 radical (unpaired) electrons. The van der Waals surface area contributed by atoms with Gasteiger partial charge < -0.3 is 4.74 Å². The third-order valence-corrected chi connectivity index (χ3v) is 3.77. The molecule has 0 aromatic rings. The van der Waals surface area contributed by atoms with E-state index in [-0.39, 0.29) is 5.60 Å². The van der Waals surface area contributed by atoms with E-state index in [1.807, 2.05) is 6.92 Å². The molecule has 0 saturated carbocycles. The number of hydrogen-bond acceptors (Lipinski definition) is 1. The molecule has 0 amide bonds. The van der Waals surface area contributed by atoms with Gasteiger partial charge in [-0.1, -0.05) is 42.1 Å². The van der Waals surface area contributed by atoms with Gasteiger partial charge in [0.25, 0.3) is 0 Å².